The molecule has 0 heterocycles. The number of hydrogen-bond acceptors (Lipinski definition) is 1. The van der Waals surface area contributed by atoms with Crippen molar-refractivity contribution in [3.05, 3.63) is 0 Å². The van der Waals surface area contributed by atoms with Gasteiger partial charge in [-0.1, -0.05) is 0 Å². The fourth-order valence-corrected chi connectivity index (χ4v) is 0.750. The zero-order chi connectivity index (χ0) is 5.70. The molecular weight excluding hydrogens is 106 g/mol. The lowest BCUT2D eigenvalue weighted by atomic mass is 10.6. The van der Waals surface area contributed by atoms with Gasteiger partial charge in [0.25, 0.3) is 0 Å². The quantitative estimate of drug-likeness (QED) is 0.506. The lowest BCUT2D eigenvalue weighted by Crippen LogP contribution is -3.10. The van der Waals surface area contributed by atoms with Crippen molar-refractivity contribution in [2.45, 2.75) is 13.8 Å². The van der Waals surface area contributed by atoms with Crippen molar-refractivity contribution in [1.82, 2.24) is 0 Å². The summed E-state index contributed by atoms with van der Waals surface area (Å²) in [6.07, 6.45) is 0. The van der Waals surface area contributed by atoms with E-state index < -0.39 is 0 Å². The molecule has 0 aliphatic rings. The summed E-state index contributed by atoms with van der Waals surface area (Å²) in [6, 6.07) is 0. The first kappa shape index (κ1) is 7.05. The predicted octanol–water partition coefficient (Wildman–Crippen LogP) is -0.132. The van der Waals surface area contributed by atoms with E-state index in [2.05, 4.69) is 13.8 Å². The summed E-state index contributed by atoms with van der Waals surface area (Å²) < 4.78 is 0. The lowest BCUT2D eigenvalue weighted by Gasteiger charge is -2.04. The van der Waals surface area contributed by atoms with Crippen LogP contribution in [0.4, 0.5) is 0 Å². The van der Waals surface area contributed by atoms with E-state index in [4.69, 9.17) is 12.2 Å². The Balaban J connectivity index is 3.16. The third-order valence-electron chi connectivity index (χ3n) is 1.07. The Morgan fingerprint density at radius 2 is 1.86 bits per heavy atom. The van der Waals surface area contributed by atoms with Crippen molar-refractivity contribution >= 4 is 17.7 Å². The normalized spacial score (nSPS) is 9.57. The number of hydrogen-bond donors (Lipinski definition) is 1. The van der Waals surface area contributed by atoms with E-state index in [0.29, 0.717) is 0 Å². The molecule has 0 aliphatic heterocycles. The van der Waals surface area contributed by atoms with Crippen LogP contribution in [0.3, 0.4) is 0 Å². The molecule has 1 N–H and O–H groups in total. The van der Waals surface area contributed by atoms with E-state index in [1.165, 1.54) is 4.90 Å². The predicted molar refractivity (Wildman–Crippen MR) is 35.7 cm³/mol. The van der Waals surface area contributed by atoms with Crippen LogP contribution in [0, 0.1) is 0 Å². The maximum atomic E-state index is 4.71. The number of thiocarbonyl (C=S) groups is 1. The van der Waals surface area contributed by atoms with Crippen LogP contribution in [0.25, 0.3) is 0 Å². The van der Waals surface area contributed by atoms with Crippen molar-refractivity contribution in [2.24, 2.45) is 0 Å². The zero-order valence-corrected chi connectivity index (χ0v) is 5.72. The first-order valence-electron chi connectivity index (χ1n) is 2.65. The largest absolute Gasteiger partial charge is 0.300 e. The van der Waals surface area contributed by atoms with E-state index in [0.717, 1.165) is 13.1 Å². The van der Waals surface area contributed by atoms with Crippen LogP contribution in [-0.4, -0.2) is 18.6 Å². The first-order valence-corrected chi connectivity index (χ1v) is 3.12. The van der Waals surface area contributed by atoms with Gasteiger partial charge in [-0.15, -0.1) is 0 Å². The van der Waals surface area contributed by atoms with E-state index >= 15 is 0 Å². The smallest absolute Gasteiger partial charge is 0.159 e. The summed E-state index contributed by atoms with van der Waals surface area (Å²) in [5, 5.41) is 0. The second kappa shape index (κ2) is 4.22. The van der Waals surface area contributed by atoms with E-state index in [-0.39, 0.29) is 0 Å². The Kier molecular flexibility index (Phi) is 4.25. The Labute approximate surface area is 50.3 Å². The molecule has 2 heteroatoms. The maximum absolute atomic E-state index is 4.71. The second-order valence-corrected chi connectivity index (χ2v) is 1.72. The molecule has 7 heavy (non-hydrogen) atoms. The number of quaternary nitrogens is 1. The van der Waals surface area contributed by atoms with Crippen LogP contribution in [0.5, 0.6) is 0 Å². The molecule has 0 aromatic rings. The van der Waals surface area contributed by atoms with Crippen molar-refractivity contribution in [1.29, 1.82) is 0 Å². The third kappa shape index (κ3) is 2.71. The van der Waals surface area contributed by atoms with Gasteiger partial charge >= 0.3 is 0 Å². The van der Waals surface area contributed by atoms with Gasteiger partial charge < -0.3 is 0 Å². The highest BCUT2D eigenvalue weighted by molar-refractivity contribution is 7.78. The third-order valence-corrected chi connectivity index (χ3v) is 1.41. The minimum Gasteiger partial charge on any atom is -0.300 e. The molecule has 0 radical (unpaired) electrons. The summed E-state index contributed by atoms with van der Waals surface area (Å²) in [4.78, 5) is 1.37. The van der Waals surface area contributed by atoms with Gasteiger partial charge in [0, 0.05) is 0 Å². The topological polar surface area (TPSA) is 4.44 Å². The Hall–Kier alpha value is 0.0500. The van der Waals surface area contributed by atoms with Gasteiger partial charge in [0.1, 0.15) is 0 Å². The molecule has 0 spiro atoms. The highest BCUT2D eigenvalue weighted by Gasteiger charge is 1.91. The standard InChI is InChI=1S/C5H11NS/c1-3-6(4-2)5-7/h5H,3-4H2,1-2H3/p+1. The van der Waals surface area contributed by atoms with Crippen molar-refractivity contribution in [3.8, 4) is 0 Å². The van der Waals surface area contributed by atoms with Gasteiger partial charge in [0.2, 0.25) is 0 Å². The molecule has 0 saturated heterocycles. The van der Waals surface area contributed by atoms with Crippen molar-refractivity contribution in [2.75, 3.05) is 13.1 Å². The van der Waals surface area contributed by atoms with Crippen LogP contribution < -0.4 is 4.90 Å². The van der Waals surface area contributed by atoms with Gasteiger partial charge in [-0.2, -0.15) is 0 Å². The van der Waals surface area contributed by atoms with Gasteiger partial charge in [-0.25, -0.2) is 0 Å². The summed E-state index contributed by atoms with van der Waals surface area (Å²) in [5.74, 6) is 0. The van der Waals surface area contributed by atoms with E-state index in [1.54, 1.807) is 5.49 Å². The van der Waals surface area contributed by atoms with Crippen LogP contribution in [-0.2, 0) is 0 Å². The number of rotatable bonds is 3. The molecular formula is C5H12NS+. The second-order valence-electron chi connectivity index (χ2n) is 1.48. The lowest BCUT2D eigenvalue weighted by molar-refractivity contribution is -0.791. The molecule has 0 saturated carbocycles. The SMILES string of the molecule is CC[NH+](C=S)CC. The first-order chi connectivity index (χ1) is 3.35. The van der Waals surface area contributed by atoms with E-state index in [9.17, 15) is 0 Å². The Morgan fingerprint density at radius 3 is 1.86 bits per heavy atom. The van der Waals surface area contributed by atoms with Gasteiger partial charge in [-0.3, -0.25) is 4.90 Å². The number of nitrogens with one attached hydrogen (secondary N) is 1. The summed E-state index contributed by atoms with van der Waals surface area (Å²) >= 11 is 4.71. The molecule has 0 aromatic carbocycles. The van der Waals surface area contributed by atoms with Crippen LogP contribution in [0.2, 0.25) is 0 Å². The molecule has 0 rings (SSSR count). The molecule has 0 amide bonds. The molecule has 0 unspecified atom stereocenters. The van der Waals surface area contributed by atoms with Gasteiger partial charge in [-0.05, 0) is 26.1 Å². The fraction of sp³-hybridized carbons (Fsp3) is 0.800. The molecule has 0 aliphatic carbocycles. The van der Waals surface area contributed by atoms with Crippen LogP contribution >= 0.6 is 12.2 Å². The van der Waals surface area contributed by atoms with Crippen molar-refractivity contribution in [3.63, 3.8) is 0 Å². The average Bonchev–Trinajstić information content (AvgIpc) is 1.72. The molecule has 0 fully saturated rings. The Bertz CT molecular complexity index is 50.0. The van der Waals surface area contributed by atoms with Crippen LogP contribution in [0.1, 0.15) is 13.8 Å². The summed E-state index contributed by atoms with van der Waals surface area (Å²) in [6.45, 7) is 6.48. The highest BCUT2D eigenvalue weighted by atomic mass is 32.1. The average molecular weight is 118 g/mol. The van der Waals surface area contributed by atoms with Gasteiger partial charge in [0.05, 0.1) is 13.1 Å². The molecule has 1 nitrogen and oxygen atoms in total. The maximum Gasteiger partial charge on any atom is 0.159 e. The monoisotopic (exact) mass is 118 g/mol. The minimum absolute atomic E-state index is 1.11. The fourth-order valence-electron chi connectivity index (χ4n) is 0.417. The van der Waals surface area contributed by atoms with Crippen molar-refractivity contribution < 1.29 is 4.90 Å². The molecule has 0 bridgehead atoms. The van der Waals surface area contributed by atoms with E-state index in [1.807, 2.05) is 0 Å². The minimum atomic E-state index is 1.11. The summed E-state index contributed by atoms with van der Waals surface area (Å²) in [5.41, 5.74) is 1.78. The van der Waals surface area contributed by atoms with Gasteiger partial charge in [0.15, 0.2) is 5.49 Å². The molecule has 0 aromatic heterocycles. The highest BCUT2D eigenvalue weighted by Crippen LogP contribution is 1.42. The molecule has 0 atom stereocenters. The molecule has 42 valence electrons. The summed E-state index contributed by atoms with van der Waals surface area (Å²) in [7, 11) is 0. The van der Waals surface area contributed by atoms with Crippen LogP contribution in [0.15, 0.2) is 0 Å². The zero-order valence-electron chi connectivity index (χ0n) is 4.90. The Morgan fingerprint density at radius 1 is 1.43 bits per heavy atom.